The van der Waals surface area contributed by atoms with Crippen LogP contribution in [0, 0.1) is 5.92 Å². The summed E-state index contributed by atoms with van der Waals surface area (Å²) in [4.78, 5) is 0. The smallest absolute Gasteiger partial charge is 0.0598 e. The molecule has 1 atom stereocenters. The average Bonchev–Trinajstić information content (AvgIpc) is 2.74. The molecule has 0 heterocycles. The first-order chi connectivity index (χ1) is 8.03. The highest BCUT2D eigenvalue weighted by Gasteiger charge is 2.23. The van der Waals surface area contributed by atoms with Crippen LogP contribution in [0.1, 0.15) is 66.2 Å². The van der Waals surface area contributed by atoms with Gasteiger partial charge in [-0.2, -0.15) is 0 Å². The Morgan fingerprint density at radius 2 is 1.88 bits per heavy atom. The fourth-order valence-electron chi connectivity index (χ4n) is 2.81. The number of hydrogen-bond acceptors (Lipinski definition) is 2. The van der Waals surface area contributed by atoms with Gasteiger partial charge in [0.15, 0.2) is 0 Å². The van der Waals surface area contributed by atoms with E-state index in [1.165, 1.54) is 38.5 Å². The second-order valence-corrected chi connectivity index (χ2v) is 6.31. The maximum Gasteiger partial charge on any atom is 0.0598 e. The zero-order valence-electron chi connectivity index (χ0n) is 12.2. The van der Waals surface area contributed by atoms with Gasteiger partial charge in [0.05, 0.1) is 5.60 Å². The second kappa shape index (κ2) is 7.38. The van der Waals surface area contributed by atoms with Crippen molar-refractivity contribution < 1.29 is 4.74 Å². The molecule has 1 N–H and O–H groups in total. The van der Waals surface area contributed by atoms with Crippen molar-refractivity contribution in [2.75, 3.05) is 13.2 Å². The second-order valence-electron chi connectivity index (χ2n) is 6.31. The van der Waals surface area contributed by atoms with Gasteiger partial charge >= 0.3 is 0 Å². The largest absolute Gasteiger partial charge is 0.376 e. The molecule has 0 aromatic heterocycles. The van der Waals surface area contributed by atoms with E-state index in [-0.39, 0.29) is 5.60 Å². The van der Waals surface area contributed by atoms with Crippen LogP contribution in [0.25, 0.3) is 0 Å². The van der Waals surface area contributed by atoms with Crippen LogP contribution in [0.5, 0.6) is 0 Å². The summed E-state index contributed by atoms with van der Waals surface area (Å²) in [5.41, 5.74) is 0.0149. The average molecular weight is 241 g/mol. The third kappa shape index (κ3) is 6.42. The van der Waals surface area contributed by atoms with E-state index in [0.29, 0.717) is 0 Å². The molecule has 0 aromatic rings. The molecule has 0 aliphatic heterocycles. The molecule has 0 aromatic carbocycles. The van der Waals surface area contributed by atoms with E-state index < -0.39 is 0 Å². The van der Waals surface area contributed by atoms with Crippen LogP contribution in [0.3, 0.4) is 0 Å². The highest BCUT2D eigenvalue weighted by atomic mass is 16.5. The fourth-order valence-corrected chi connectivity index (χ4v) is 2.81. The molecular weight excluding hydrogens is 210 g/mol. The lowest BCUT2D eigenvalue weighted by Gasteiger charge is -2.25. The van der Waals surface area contributed by atoms with Crippen LogP contribution >= 0.6 is 0 Å². The first-order valence-electron chi connectivity index (χ1n) is 7.40. The van der Waals surface area contributed by atoms with Crippen LogP contribution < -0.4 is 5.32 Å². The normalized spacial score (nSPS) is 19.8. The third-order valence-corrected chi connectivity index (χ3v) is 3.63. The van der Waals surface area contributed by atoms with Gasteiger partial charge in [0, 0.05) is 12.6 Å². The van der Waals surface area contributed by atoms with E-state index in [1.54, 1.807) is 0 Å². The predicted molar refractivity (Wildman–Crippen MR) is 74.4 cm³/mol. The van der Waals surface area contributed by atoms with E-state index in [0.717, 1.165) is 25.1 Å². The lowest BCUT2D eigenvalue weighted by molar-refractivity contribution is -0.00589. The molecule has 1 saturated carbocycles. The third-order valence-electron chi connectivity index (χ3n) is 3.63. The minimum absolute atomic E-state index is 0.0149. The van der Waals surface area contributed by atoms with Crippen molar-refractivity contribution in [2.45, 2.75) is 77.9 Å². The zero-order valence-corrected chi connectivity index (χ0v) is 12.2. The summed E-state index contributed by atoms with van der Waals surface area (Å²) < 4.78 is 5.79. The van der Waals surface area contributed by atoms with Crippen molar-refractivity contribution in [3.8, 4) is 0 Å². The Labute approximate surface area is 108 Å². The summed E-state index contributed by atoms with van der Waals surface area (Å²) in [5, 5.41) is 3.67. The van der Waals surface area contributed by atoms with Crippen molar-refractivity contribution in [1.82, 2.24) is 5.32 Å². The Hall–Kier alpha value is -0.0800. The molecule has 102 valence electrons. The Balaban J connectivity index is 2.20. The van der Waals surface area contributed by atoms with E-state index in [2.05, 4.69) is 33.0 Å². The maximum absolute atomic E-state index is 5.79. The monoisotopic (exact) mass is 241 g/mol. The number of nitrogens with one attached hydrogen (secondary N) is 1. The predicted octanol–water partition coefficient (Wildman–Crippen LogP) is 3.75. The molecule has 1 aliphatic rings. The van der Waals surface area contributed by atoms with Gasteiger partial charge in [-0.1, -0.05) is 19.8 Å². The lowest BCUT2D eigenvalue weighted by Crippen LogP contribution is -2.35. The summed E-state index contributed by atoms with van der Waals surface area (Å²) in [6.07, 6.45) is 8.19. The SMILES string of the molecule is CCNC(CCCOC(C)(C)C)C1CCCC1. The minimum atomic E-state index is 0.0149. The number of hydrogen-bond donors (Lipinski definition) is 1. The molecule has 17 heavy (non-hydrogen) atoms. The quantitative estimate of drug-likeness (QED) is 0.685. The molecule has 0 amide bonds. The summed E-state index contributed by atoms with van der Waals surface area (Å²) >= 11 is 0. The van der Waals surface area contributed by atoms with Crippen LogP contribution in [0.2, 0.25) is 0 Å². The van der Waals surface area contributed by atoms with Crippen LogP contribution in [0.4, 0.5) is 0 Å². The molecule has 0 spiro atoms. The van der Waals surface area contributed by atoms with Gasteiger partial charge in [-0.25, -0.2) is 0 Å². The van der Waals surface area contributed by atoms with Gasteiger partial charge < -0.3 is 10.1 Å². The molecule has 1 unspecified atom stereocenters. The van der Waals surface area contributed by atoms with Gasteiger partial charge in [-0.3, -0.25) is 0 Å². The van der Waals surface area contributed by atoms with Crippen molar-refractivity contribution in [2.24, 2.45) is 5.92 Å². The Bertz CT molecular complexity index is 192. The summed E-state index contributed by atoms with van der Waals surface area (Å²) in [5.74, 6) is 0.921. The topological polar surface area (TPSA) is 21.3 Å². The van der Waals surface area contributed by atoms with E-state index in [4.69, 9.17) is 4.74 Å². The number of ether oxygens (including phenoxy) is 1. The summed E-state index contributed by atoms with van der Waals surface area (Å²) in [6.45, 7) is 10.6. The van der Waals surface area contributed by atoms with Crippen LogP contribution in [-0.2, 0) is 4.74 Å². The van der Waals surface area contributed by atoms with Crippen molar-refractivity contribution in [3.05, 3.63) is 0 Å². The van der Waals surface area contributed by atoms with Gasteiger partial charge in [0.25, 0.3) is 0 Å². The summed E-state index contributed by atoms with van der Waals surface area (Å²) in [6, 6.07) is 0.728. The molecule has 1 aliphatic carbocycles. The Morgan fingerprint density at radius 1 is 1.24 bits per heavy atom. The van der Waals surface area contributed by atoms with E-state index in [1.807, 2.05) is 0 Å². The van der Waals surface area contributed by atoms with Gasteiger partial charge in [0.1, 0.15) is 0 Å². The number of rotatable bonds is 7. The van der Waals surface area contributed by atoms with Crippen molar-refractivity contribution in [1.29, 1.82) is 0 Å². The van der Waals surface area contributed by atoms with E-state index in [9.17, 15) is 0 Å². The van der Waals surface area contributed by atoms with Crippen molar-refractivity contribution >= 4 is 0 Å². The highest BCUT2D eigenvalue weighted by Crippen LogP contribution is 2.29. The lowest BCUT2D eigenvalue weighted by atomic mass is 9.94. The molecule has 0 saturated heterocycles. The van der Waals surface area contributed by atoms with Crippen molar-refractivity contribution in [3.63, 3.8) is 0 Å². The highest BCUT2D eigenvalue weighted by molar-refractivity contribution is 4.80. The Kier molecular flexibility index (Phi) is 6.50. The fraction of sp³-hybridized carbons (Fsp3) is 1.00. The zero-order chi connectivity index (χ0) is 12.7. The molecule has 2 heteroatoms. The molecule has 1 rings (SSSR count). The molecular formula is C15H31NO. The van der Waals surface area contributed by atoms with Gasteiger partial charge in [-0.15, -0.1) is 0 Å². The molecule has 0 radical (unpaired) electrons. The molecule has 2 nitrogen and oxygen atoms in total. The Morgan fingerprint density at radius 3 is 2.41 bits per heavy atom. The van der Waals surface area contributed by atoms with E-state index >= 15 is 0 Å². The van der Waals surface area contributed by atoms with Gasteiger partial charge in [-0.05, 0) is 58.9 Å². The maximum atomic E-state index is 5.79. The molecule has 1 fully saturated rings. The van der Waals surface area contributed by atoms with Crippen LogP contribution in [-0.4, -0.2) is 24.8 Å². The first-order valence-corrected chi connectivity index (χ1v) is 7.40. The molecule has 0 bridgehead atoms. The first kappa shape index (κ1) is 15.0. The van der Waals surface area contributed by atoms with Gasteiger partial charge in [0.2, 0.25) is 0 Å². The summed E-state index contributed by atoms with van der Waals surface area (Å²) in [7, 11) is 0. The minimum Gasteiger partial charge on any atom is -0.376 e. The standard InChI is InChI=1S/C15H31NO/c1-5-16-14(13-9-6-7-10-13)11-8-12-17-15(2,3)4/h13-14,16H,5-12H2,1-4H3. The van der Waals surface area contributed by atoms with Crippen LogP contribution in [0.15, 0.2) is 0 Å².